The number of carbonyl (C=O) groups excluding carboxylic acids is 1. The van der Waals surface area contributed by atoms with Gasteiger partial charge in [-0.15, -0.1) is 0 Å². The maximum atomic E-state index is 11.6. The summed E-state index contributed by atoms with van der Waals surface area (Å²) in [7, 11) is -3.00. The molecular weight excluding hydrogens is 242 g/mol. The molecule has 0 radical (unpaired) electrons. The molecule has 1 N–H and O–H groups in total. The van der Waals surface area contributed by atoms with E-state index < -0.39 is 15.4 Å². The molecule has 1 atom stereocenters. The molecule has 0 spiro atoms. The van der Waals surface area contributed by atoms with E-state index in [1.807, 2.05) is 20.8 Å². The fraction of sp³-hybridized carbons (Fsp3) is 0.909. The number of hydrogen-bond acceptors (Lipinski definition) is 4. The Kier molecular flexibility index (Phi) is 3.88. The Morgan fingerprint density at radius 1 is 1.41 bits per heavy atom. The molecule has 1 aliphatic rings. The fourth-order valence-electron chi connectivity index (χ4n) is 1.76. The number of amides is 1. The number of sulfone groups is 1. The van der Waals surface area contributed by atoms with Crippen LogP contribution < -0.4 is 5.32 Å². The van der Waals surface area contributed by atoms with Gasteiger partial charge >= 0.3 is 0 Å². The summed E-state index contributed by atoms with van der Waals surface area (Å²) >= 11 is 0. The lowest BCUT2D eigenvalue weighted by Gasteiger charge is -2.25. The van der Waals surface area contributed by atoms with Crippen molar-refractivity contribution in [2.75, 3.05) is 18.1 Å². The van der Waals surface area contributed by atoms with Crippen LogP contribution in [0.3, 0.4) is 0 Å². The number of nitrogens with one attached hydrogen (secondary N) is 1. The van der Waals surface area contributed by atoms with Gasteiger partial charge in [0.05, 0.1) is 22.6 Å². The van der Waals surface area contributed by atoms with Gasteiger partial charge < -0.3 is 10.1 Å². The zero-order chi connectivity index (χ0) is 13.3. The maximum absolute atomic E-state index is 11.6. The van der Waals surface area contributed by atoms with Crippen molar-refractivity contribution >= 4 is 15.7 Å². The maximum Gasteiger partial charge on any atom is 0.246 e. The Morgan fingerprint density at radius 3 is 2.41 bits per heavy atom. The van der Waals surface area contributed by atoms with Crippen LogP contribution in [0, 0.1) is 0 Å². The van der Waals surface area contributed by atoms with Crippen LogP contribution in [-0.2, 0) is 19.4 Å². The summed E-state index contributed by atoms with van der Waals surface area (Å²) in [5.74, 6) is -0.106. The highest BCUT2D eigenvalue weighted by Gasteiger charge is 2.39. The van der Waals surface area contributed by atoms with Crippen molar-refractivity contribution in [2.45, 2.75) is 45.3 Å². The molecule has 1 amide bonds. The van der Waals surface area contributed by atoms with Crippen LogP contribution in [0.1, 0.15) is 34.1 Å². The minimum absolute atomic E-state index is 0.0151. The first kappa shape index (κ1) is 14.4. The highest BCUT2D eigenvalue weighted by molar-refractivity contribution is 7.91. The molecule has 100 valence electrons. The molecule has 1 heterocycles. The van der Waals surface area contributed by atoms with Crippen molar-refractivity contribution in [3.05, 3.63) is 0 Å². The molecule has 6 heteroatoms. The molecule has 0 bridgehead atoms. The molecule has 1 aliphatic heterocycles. The zero-order valence-electron chi connectivity index (χ0n) is 10.9. The van der Waals surface area contributed by atoms with Crippen LogP contribution in [0.5, 0.6) is 0 Å². The summed E-state index contributed by atoms with van der Waals surface area (Å²) in [5, 5.41) is 2.74. The molecular formula is C11H21NO4S. The van der Waals surface area contributed by atoms with Crippen LogP contribution in [-0.4, -0.2) is 43.6 Å². The third-order valence-electron chi connectivity index (χ3n) is 2.58. The topological polar surface area (TPSA) is 72.5 Å². The van der Waals surface area contributed by atoms with E-state index in [0.717, 1.165) is 0 Å². The highest BCUT2D eigenvalue weighted by Crippen LogP contribution is 2.22. The largest absolute Gasteiger partial charge is 0.366 e. The summed E-state index contributed by atoms with van der Waals surface area (Å²) in [6.45, 7) is 7.30. The lowest BCUT2D eigenvalue weighted by molar-refractivity contribution is -0.132. The van der Waals surface area contributed by atoms with Crippen molar-refractivity contribution < 1.29 is 17.9 Å². The molecule has 1 fully saturated rings. The van der Waals surface area contributed by atoms with E-state index in [9.17, 15) is 13.2 Å². The minimum Gasteiger partial charge on any atom is -0.366 e. The van der Waals surface area contributed by atoms with Gasteiger partial charge in [0.1, 0.15) is 6.61 Å². The van der Waals surface area contributed by atoms with Crippen LogP contribution >= 0.6 is 0 Å². The molecule has 0 aliphatic carbocycles. The van der Waals surface area contributed by atoms with Gasteiger partial charge in [0.25, 0.3) is 0 Å². The van der Waals surface area contributed by atoms with Gasteiger partial charge in [-0.1, -0.05) is 0 Å². The summed E-state index contributed by atoms with van der Waals surface area (Å²) in [5.41, 5.74) is -1.02. The van der Waals surface area contributed by atoms with E-state index in [-0.39, 0.29) is 29.6 Å². The number of ether oxygens (including phenoxy) is 1. The van der Waals surface area contributed by atoms with Gasteiger partial charge in [-0.2, -0.15) is 0 Å². The molecule has 0 saturated carbocycles. The third-order valence-corrected chi connectivity index (χ3v) is 4.48. The van der Waals surface area contributed by atoms with E-state index in [1.165, 1.54) is 0 Å². The molecule has 0 aromatic heterocycles. The molecule has 0 aromatic rings. The molecule has 1 rings (SSSR count). The number of carbonyl (C=O) groups is 1. The van der Waals surface area contributed by atoms with E-state index >= 15 is 0 Å². The van der Waals surface area contributed by atoms with Crippen LogP contribution in [0.25, 0.3) is 0 Å². The van der Waals surface area contributed by atoms with E-state index in [1.54, 1.807) is 6.92 Å². The SMILES string of the molecule is CC1(NC(=O)COC(C)(C)C)CCS(=O)(=O)C1. The second-order valence-electron chi connectivity index (χ2n) is 5.85. The van der Waals surface area contributed by atoms with E-state index in [0.29, 0.717) is 6.42 Å². The Balaban J connectivity index is 2.47. The summed E-state index contributed by atoms with van der Waals surface area (Å²) in [6.07, 6.45) is 0.469. The first-order valence-corrected chi connectivity index (χ1v) is 7.49. The van der Waals surface area contributed by atoms with Gasteiger partial charge in [0.15, 0.2) is 9.84 Å². The summed E-state index contributed by atoms with van der Waals surface area (Å²) in [4.78, 5) is 11.6. The highest BCUT2D eigenvalue weighted by atomic mass is 32.2. The van der Waals surface area contributed by atoms with Crippen LogP contribution in [0.2, 0.25) is 0 Å². The average molecular weight is 263 g/mol. The lowest BCUT2D eigenvalue weighted by Crippen LogP contribution is -2.48. The van der Waals surface area contributed by atoms with Crippen molar-refractivity contribution in [3.8, 4) is 0 Å². The first-order chi connectivity index (χ1) is 7.52. The smallest absolute Gasteiger partial charge is 0.246 e. The van der Waals surface area contributed by atoms with Crippen LogP contribution in [0.4, 0.5) is 0 Å². The monoisotopic (exact) mass is 263 g/mol. The predicted octanol–water partition coefficient (Wildman–Crippen LogP) is 0.495. The standard InChI is InChI=1S/C11H21NO4S/c1-10(2,3)16-7-9(13)12-11(4)5-6-17(14,15)8-11/h5-8H2,1-4H3,(H,12,13). The lowest BCUT2D eigenvalue weighted by atomic mass is 10.0. The molecule has 1 unspecified atom stereocenters. The third kappa shape index (κ3) is 5.04. The van der Waals surface area contributed by atoms with Crippen molar-refractivity contribution in [2.24, 2.45) is 0 Å². The van der Waals surface area contributed by atoms with Crippen molar-refractivity contribution in [3.63, 3.8) is 0 Å². The molecule has 0 aromatic carbocycles. The van der Waals surface area contributed by atoms with Gasteiger partial charge in [0.2, 0.25) is 5.91 Å². The quantitative estimate of drug-likeness (QED) is 0.804. The Bertz CT molecular complexity index is 396. The van der Waals surface area contributed by atoms with Gasteiger partial charge in [-0.25, -0.2) is 8.42 Å². The molecule has 5 nitrogen and oxygen atoms in total. The predicted molar refractivity (Wildman–Crippen MR) is 65.5 cm³/mol. The fourth-order valence-corrected chi connectivity index (χ4v) is 3.86. The van der Waals surface area contributed by atoms with E-state index in [4.69, 9.17) is 4.74 Å². The van der Waals surface area contributed by atoms with Crippen LogP contribution in [0.15, 0.2) is 0 Å². The Labute approximate surface area is 103 Å². The first-order valence-electron chi connectivity index (χ1n) is 5.67. The minimum atomic E-state index is -3.00. The van der Waals surface area contributed by atoms with Crippen molar-refractivity contribution in [1.82, 2.24) is 5.32 Å². The second-order valence-corrected chi connectivity index (χ2v) is 8.04. The summed E-state index contributed by atoms with van der Waals surface area (Å²) in [6, 6.07) is 0. The second kappa shape index (κ2) is 4.57. The number of hydrogen-bond donors (Lipinski definition) is 1. The normalized spacial score (nSPS) is 28.0. The van der Waals surface area contributed by atoms with E-state index in [2.05, 4.69) is 5.32 Å². The van der Waals surface area contributed by atoms with Gasteiger partial charge in [-0.05, 0) is 34.1 Å². The number of rotatable bonds is 3. The van der Waals surface area contributed by atoms with Gasteiger partial charge in [-0.3, -0.25) is 4.79 Å². The molecule has 1 saturated heterocycles. The van der Waals surface area contributed by atoms with Crippen molar-refractivity contribution in [1.29, 1.82) is 0 Å². The Morgan fingerprint density at radius 2 is 2.00 bits per heavy atom. The molecule has 17 heavy (non-hydrogen) atoms. The summed E-state index contributed by atoms with van der Waals surface area (Å²) < 4.78 is 28.1. The Hall–Kier alpha value is -0.620. The zero-order valence-corrected chi connectivity index (χ0v) is 11.7. The van der Waals surface area contributed by atoms with Gasteiger partial charge in [0, 0.05) is 0 Å². The average Bonchev–Trinajstić information content (AvgIpc) is 2.36.